The lowest BCUT2D eigenvalue weighted by Crippen LogP contribution is -2.17. The molecule has 1 aromatic heterocycles. The fourth-order valence-electron chi connectivity index (χ4n) is 2.99. The Labute approximate surface area is 150 Å². The van der Waals surface area contributed by atoms with E-state index in [4.69, 9.17) is 4.98 Å². The zero-order chi connectivity index (χ0) is 17.8. The summed E-state index contributed by atoms with van der Waals surface area (Å²) in [5, 5.41) is 6.84. The summed E-state index contributed by atoms with van der Waals surface area (Å²) in [6.07, 6.45) is 3.55. The van der Waals surface area contributed by atoms with Gasteiger partial charge in [-0.3, -0.25) is 0 Å². The van der Waals surface area contributed by atoms with E-state index in [1.165, 1.54) is 24.0 Å². The lowest BCUT2D eigenvalue weighted by molar-refractivity contribution is 0.405. The molecular weight excluding hydrogens is 310 g/mol. The minimum atomic E-state index is 0.602. The van der Waals surface area contributed by atoms with E-state index in [9.17, 15) is 0 Å². The number of benzene rings is 1. The molecule has 0 unspecified atom stereocenters. The summed E-state index contributed by atoms with van der Waals surface area (Å²) in [7, 11) is 4.19. The summed E-state index contributed by atoms with van der Waals surface area (Å²) >= 11 is 0. The molecule has 1 saturated carbocycles. The maximum Gasteiger partial charge on any atom is 0.224 e. The van der Waals surface area contributed by atoms with Gasteiger partial charge in [0.05, 0.1) is 5.69 Å². The van der Waals surface area contributed by atoms with Crippen molar-refractivity contribution in [1.29, 1.82) is 0 Å². The van der Waals surface area contributed by atoms with E-state index in [1.807, 2.05) is 0 Å². The van der Waals surface area contributed by atoms with Crippen molar-refractivity contribution >= 4 is 17.5 Å². The molecule has 0 amide bonds. The van der Waals surface area contributed by atoms with Crippen molar-refractivity contribution in [3.05, 3.63) is 41.1 Å². The number of aryl methyl sites for hydroxylation is 2. The third-order valence-electron chi connectivity index (χ3n) is 4.30. The van der Waals surface area contributed by atoms with Crippen molar-refractivity contribution in [3.63, 3.8) is 0 Å². The Morgan fingerprint density at radius 2 is 1.76 bits per heavy atom. The van der Waals surface area contributed by atoms with Crippen LogP contribution in [0.25, 0.3) is 0 Å². The molecule has 134 valence electrons. The van der Waals surface area contributed by atoms with Crippen LogP contribution in [0.2, 0.25) is 0 Å². The van der Waals surface area contributed by atoms with Crippen LogP contribution in [0, 0.1) is 13.8 Å². The number of hydrogen-bond acceptors (Lipinski definition) is 5. The van der Waals surface area contributed by atoms with Crippen molar-refractivity contribution in [2.45, 2.75) is 39.0 Å². The summed E-state index contributed by atoms with van der Waals surface area (Å²) in [4.78, 5) is 11.6. The quantitative estimate of drug-likeness (QED) is 0.710. The van der Waals surface area contributed by atoms with E-state index in [0.717, 1.165) is 42.7 Å². The van der Waals surface area contributed by atoms with Gasteiger partial charge in [-0.25, -0.2) is 4.98 Å². The van der Waals surface area contributed by atoms with E-state index in [0.29, 0.717) is 5.92 Å². The van der Waals surface area contributed by atoms with Gasteiger partial charge in [0.1, 0.15) is 5.82 Å². The Balaban J connectivity index is 1.73. The standard InChI is InChI=1S/C20H29N5/c1-14-10-15(2)12-17(11-14)22-19-13-18(16-6-7-16)23-20(24-19)21-8-5-9-25(3)4/h10-13,16H,5-9H2,1-4H3,(H2,21,22,23,24). The van der Waals surface area contributed by atoms with E-state index in [2.05, 4.69) is 72.7 Å². The molecule has 5 nitrogen and oxygen atoms in total. The van der Waals surface area contributed by atoms with Crippen molar-refractivity contribution in [2.75, 3.05) is 37.8 Å². The summed E-state index contributed by atoms with van der Waals surface area (Å²) in [5.41, 5.74) is 4.73. The van der Waals surface area contributed by atoms with E-state index in [-0.39, 0.29) is 0 Å². The average Bonchev–Trinajstić information content (AvgIpc) is 3.35. The van der Waals surface area contributed by atoms with Crippen molar-refractivity contribution in [3.8, 4) is 0 Å². The molecule has 3 rings (SSSR count). The van der Waals surface area contributed by atoms with Crippen LogP contribution in [0.15, 0.2) is 24.3 Å². The Bertz CT molecular complexity index is 702. The average molecular weight is 339 g/mol. The molecule has 0 radical (unpaired) electrons. The Kier molecular flexibility index (Phi) is 5.53. The van der Waals surface area contributed by atoms with Crippen molar-refractivity contribution in [2.24, 2.45) is 0 Å². The molecule has 1 aliphatic rings. The zero-order valence-electron chi connectivity index (χ0n) is 15.8. The molecule has 0 spiro atoms. The number of nitrogens with one attached hydrogen (secondary N) is 2. The maximum atomic E-state index is 4.71. The van der Waals surface area contributed by atoms with Gasteiger partial charge in [0.15, 0.2) is 0 Å². The van der Waals surface area contributed by atoms with Gasteiger partial charge >= 0.3 is 0 Å². The number of aromatic nitrogens is 2. The fraction of sp³-hybridized carbons (Fsp3) is 0.500. The third kappa shape index (κ3) is 5.43. The van der Waals surface area contributed by atoms with Gasteiger partial charge in [0, 0.05) is 24.2 Å². The normalized spacial score (nSPS) is 14.0. The molecule has 1 aromatic carbocycles. The third-order valence-corrected chi connectivity index (χ3v) is 4.30. The first-order valence-corrected chi connectivity index (χ1v) is 9.12. The van der Waals surface area contributed by atoms with Crippen LogP contribution >= 0.6 is 0 Å². The molecule has 0 bridgehead atoms. The molecule has 25 heavy (non-hydrogen) atoms. The second-order valence-electron chi connectivity index (χ2n) is 7.36. The van der Waals surface area contributed by atoms with E-state index in [1.54, 1.807) is 0 Å². The first-order valence-electron chi connectivity index (χ1n) is 9.12. The van der Waals surface area contributed by atoms with Crippen LogP contribution in [0.4, 0.5) is 17.5 Å². The number of nitrogens with zero attached hydrogens (tertiary/aromatic N) is 3. The SMILES string of the molecule is Cc1cc(C)cc(Nc2cc(C3CC3)nc(NCCCN(C)C)n2)c1. The number of rotatable bonds is 8. The Morgan fingerprint density at radius 1 is 1.04 bits per heavy atom. The van der Waals surface area contributed by atoms with Crippen LogP contribution in [0.5, 0.6) is 0 Å². The van der Waals surface area contributed by atoms with Crippen LogP contribution in [0.3, 0.4) is 0 Å². The smallest absolute Gasteiger partial charge is 0.224 e. The molecular formula is C20H29N5. The Morgan fingerprint density at radius 3 is 2.40 bits per heavy atom. The zero-order valence-corrected chi connectivity index (χ0v) is 15.8. The van der Waals surface area contributed by atoms with Gasteiger partial charge in [-0.15, -0.1) is 0 Å². The predicted octanol–water partition coefficient (Wildman–Crippen LogP) is 4.08. The summed E-state index contributed by atoms with van der Waals surface area (Å²) in [5.74, 6) is 2.21. The van der Waals surface area contributed by atoms with Crippen molar-refractivity contribution < 1.29 is 0 Å². The molecule has 1 aliphatic carbocycles. The summed E-state index contributed by atoms with van der Waals surface area (Å²) in [6.45, 7) is 6.18. The first-order chi connectivity index (χ1) is 12.0. The lowest BCUT2D eigenvalue weighted by Gasteiger charge is -2.13. The predicted molar refractivity (Wildman–Crippen MR) is 105 cm³/mol. The summed E-state index contributed by atoms with van der Waals surface area (Å²) < 4.78 is 0. The monoisotopic (exact) mass is 339 g/mol. The van der Waals surface area contributed by atoms with Gasteiger partial charge in [0.25, 0.3) is 0 Å². The fourth-order valence-corrected chi connectivity index (χ4v) is 2.99. The van der Waals surface area contributed by atoms with Gasteiger partial charge in [-0.1, -0.05) is 6.07 Å². The molecule has 0 aliphatic heterocycles. The van der Waals surface area contributed by atoms with Gasteiger partial charge in [-0.05, 0) is 77.0 Å². The van der Waals surface area contributed by atoms with Crippen LogP contribution in [0.1, 0.15) is 42.0 Å². The number of hydrogen-bond donors (Lipinski definition) is 2. The summed E-state index contributed by atoms with van der Waals surface area (Å²) in [6, 6.07) is 8.57. The van der Waals surface area contributed by atoms with Gasteiger partial charge in [-0.2, -0.15) is 4.98 Å². The van der Waals surface area contributed by atoms with Crippen LogP contribution in [-0.2, 0) is 0 Å². The molecule has 1 heterocycles. The number of anilines is 3. The molecule has 5 heteroatoms. The maximum absolute atomic E-state index is 4.71. The molecule has 0 atom stereocenters. The largest absolute Gasteiger partial charge is 0.354 e. The van der Waals surface area contributed by atoms with E-state index >= 15 is 0 Å². The van der Waals surface area contributed by atoms with Crippen molar-refractivity contribution in [1.82, 2.24) is 14.9 Å². The first kappa shape index (κ1) is 17.7. The topological polar surface area (TPSA) is 53.1 Å². The molecule has 0 saturated heterocycles. The van der Waals surface area contributed by atoms with Crippen LogP contribution < -0.4 is 10.6 Å². The second-order valence-corrected chi connectivity index (χ2v) is 7.36. The second kappa shape index (κ2) is 7.83. The molecule has 2 N–H and O–H groups in total. The highest BCUT2D eigenvalue weighted by molar-refractivity contribution is 5.60. The molecule has 2 aromatic rings. The van der Waals surface area contributed by atoms with E-state index < -0.39 is 0 Å². The van der Waals surface area contributed by atoms with Crippen LogP contribution in [-0.4, -0.2) is 42.1 Å². The molecule has 1 fully saturated rings. The minimum Gasteiger partial charge on any atom is -0.354 e. The Hall–Kier alpha value is -2.14. The lowest BCUT2D eigenvalue weighted by atomic mass is 10.1. The highest BCUT2D eigenvalue weighted by Crippen LogP contribution is 2.40. The highest BCUT2D eigenvalue weighted by Gasteiger charge is 2.26. The van der Waals surface area contributed by atoms with Gasteiger partial charge < -0.3 is 15.5 Å². The minimum absolute atomic E-state index is 0.602. The highest BCUT2D eigenvalue weighted by atomic mass is 15.1. The van der Waals surface area contributed by atoms with Gasteiger partial charge in [0.2, 0.25) is 5.95 Å².